The van der Waals surface area contributed by atoms with E-state index in [0.29, 0.717) is 17.9 Å². The van der Waals surface area contributed by atoms with Gasteiger partial charge in [0.25, 0.3) is 0 Å². The number of benzene rings is 2. The van der Waals surface area contributed by atoms with Crippen LogP contribution in [0.3, 0.4) is 0 Å². The van der Waals surface area contributed by atoms with Gasteiger partial charge in [0.1, 0.15) is 0 Å². The van der Waals surface area contributed by atoms with E-state index in [4.69, 9.17) is 0 Å². The van der Waals surface area contributed by atoms with E-state index >= 15 is 0 Å². The molecule has 148 valence electrons. The minimum Gasteiger partial charge on any atom is -0.633 e. The van der Waals surface area contributed by atoms with E-state index in [9.17, 15) is 13.6 Å². The summed E-state index contributed by atoms with van der Waals surface area (Å²) in [7, 11) is -1.52. The fraction of sp³-hybridized carbons (Fsp3) is 0.364. The Balaban J connectivity index is 1.53. The molecule has 1 aliphatic heterocycles. The molecule has 0 aliphatic carbocycles. The average molecular weight is 399 g/mol. The molecule has 4 rings (SSSR count). The quantitative estimate of drug-likeness (QED) is 0.507. The Morgan fingerprint density at radius 3 is 2.68 bits per heavy atom. The lowest BCUT2D eigenvalue weighted by molar-refractivity contribution is -0.872. The fourth-order valence-corrected chi connectivity index (χ4v) is 5.51. The van der Waals surface area contributed by atoms with Gasteiger partial charge in [-0.1, -0.05) is 24.3 Å². The Kier molecular flexibility index (Phi) is 5.04. The molecular weight excluding hydrogens is 372 g/mol. The maximum Gasteiger partial charge on any atom is 0.178 e. The molecule has 3 aromatic rings. The van der Waals surface area contributed by atoms with Crippen LogP contribution >= 0.6 is 0 Å². The molecule has 5 nitrogen and oxygen atoms in total. The number of hydroxylamine groups is 3. The van der Waals surface area contributed by atoms with Gasteiger partial charge in [0.05, 0.1) is 30.3 Å². The van der Waals surface area contributed by atoms with Crippen LogP contribution in [0.15, 0.2) is 59.6 Å². The number of H-pyrrole nitrogens is 1. The first kappa shape index (κ1) is 19.2. The molecule has 2 aromatic carbocycles. The van der Waals surface area contributed by atoms with Crippen LogP contribution in [0.1, 0.15) is 24.0 Å². The van der Waals surface area contributed by atoms with Crippen molar-refractivity contribution in [1.82, 2.24) is 4.98 Å². The van der Waals surface area contributed by atoms with Crippen molar-refractivity contribution < 1.29 is 13.1 Å². The van der Waals surface area contributed by atoms with Crippen molar-refractivity contribution >= 4 is 20.7 Å². The summed E-state index contributed by atoms with van der Waals surface area (Å²) in [6.07, 6.45) is 5.16. The van der Waals surface area contributed by atoms with Crippen molar-refractivity contribution in [2.45, 2.75) is 36.6 Å². The van der Waals surface area contributed by atoms with Crippen LogP contribution < -0.4 is 0 Å². The number of fused-ring (bicyclic) bond motifs is 1. The van der Waals surface area contributed by atoms with Gasteiger partial charge in [-0.15, -0.1) is 0 Å². The van der Waals surface area contributed by atoms with E-state index in [1.165, 1.54) is 0 Å². The zero-order valence-corrected chi connectivity index (χ0v) is 16.9. The average Bonchev–Trinajstić information content (AvgIpc) is 3.24. The second-order valence-electron chi connectivity index (χ2n) is 7.97. The van der Waals surface area contributed by atoms with Gasteiger partial charge >= 0.3 is 0 Å². The van der Waals surface area contributed by atoms with Crippen molar-refractivity contribution in [2.24, 2.45) is 0 Å². The lowest BCUT2D eigenvalue weighted by Gasteiger charge is -2.40. The largest absolute Gasteiger partial charge is 0.633 e. The second kappa shape index (κ2) is 7.35. The number of quaternary nitrogens is 1. The number of nitrogens with one attached hydrogen (secondary N) is 1. The second-order valence-corrected chi connectivity index (χ2v) is 10.1. The Hall–Kier alpha value is -2.15. The highest BCUT2D eigenvalue weighted by molar-refractivity contribution is 7.91. The molecule has 6 heteroatoms. The van der Waals surface area contributed by atoms with Gasteiger partial charge in [0.2, 0.25) is 0 Å². The summed E-state index contributed by atoms with van der Waals surface area (Å²) in [6, 6.07) is 14.7. The van der Waals surface area contributed by atoms with Crippen LogP contribution in [0.5, 0.6) is 0 Å². The number of likely N-dealkylation sites (N-methyl/N-ethyl adjacent to an activating group) is 1. The highest BCUT2D eigenvalue weighted by Crippen LogP contribution is 2.29. The molecule has 2 atom stereocenters. The van der Waals surface area contributed by atoms with E-state index < -0.39 is 9.84 Å². The molecule has 0 bridgehead atoms. The summed E-state index contributed by atoms with van der Waals surface area (Å²) in [4.78, 5) is 3.66. The molecule has 0 spiro atoms. The van der Waals surface area contributed by atoms with Crippen molar-refractivity contribution in [1.29, 1.82) is 0 Å². The molecule has 28 heavy (non-hydrogen) atoms. The number of aromatic amines is 1. The summed E-state index contributed by atoms with van der Waals surface area (Å²) in [5.41, 5.74) is 3.18. The maximum atomic E-state index is 12.6. The summed E-state index contributed by atoms with van der Waals surface area (Å²) >= 11 is 0. The summed E-state index contributed by atoms with van der Waals surface area (Å²) < 4.78 is 24.9. The van der Waals surface area contributed by atoms with Crippen LogP contribution in [0.2, 0.25) is 0 Å². The SMILES string of the molecule is C[N+]1([O-])CCC[C@@H]1Cc1c[nH]c2ccc(CCS(=O)(=O)c3ccccc3)cc12. The molecule has 1 aliphatic rings. The van der Waals surface area contributed by atoms with Crippen molar-refractivity contribution in [3.05, 3.63) is 71.1 Å². The van der Waals surface area contributed by atoms with Crippen LogP contribution in [-0.2, 0) is 22.7 Å². The molecule has 1 saturated heterocycles. The molecule has 1 unspecified atom stereocenters. The Morgan fingerprint density at radius 2 is 1.96 bits per heavy atom. The smallest absolute Gasteiger partial charge is 0.178 e. The topological polar surface area (TPSA) is 73.0 Å². The van der Waals surface area contributed by atoms with E-state index in [-0.39, 0.29) is 16.4 Å². The molecular formula is C22H26N2O3S. The van der Waals surface area contributed by atoms with Crippen molar-refractivity contribution in [3.63, 3.8) is 0 Å². The predicted octanol–water partition coefficient (Wildman–Crippen LogP) is 3.83. The number of hydrogen-bond donors (Lipinski definition) is 1. The van der Waals surface area contributed by atoms with Crippen molar-refractivity contribution in [3.8, 4) is 0 Å². The third-order valence-corrected chi connectivity index (χ3v) is 7.69. The number of aromatic nitrogens is 1. The first-order valence-corrected chi connectivity index (χ1v) is 11.4. The molecule has 1 aromatic heterocycles. The standard InChI is InChI=1S/C22H26N2O3S/c1-24(25)12-5-6-19(24)15-18-16-23-22-10-9-17(14-21(18)22)11-13-28(26,27)20-7-3-2-4-8-20/h2-4,7-10,14,16,19,23H,5-6,11-13,15H2,1H3/t19-,24?/m1/s1. The highest BCUT2D eigenvalue weighted by atomic mass is 32.2. The Labute approximate surface area is 166 Å². The van der Waals surface area contributed by atoms with E-state index in [2.05, 4.69) is 11.1 Å². The molecule has 0 radical (unpaired) electrons. The van der Waals surface area contributed by atoms with Crippen LogP contribution in [0, 0.1) is 5.21 Å². The third-order valence-electron chi connectivity index (χ3n) is 5.96. The zero-order valence-electron chi connectivity index (χ0n) is 16.1. The van der Waals surface area contributed by atoms with E-state index in [0.717, 1.165) is 41.3 Å². The summed E-state index contributed by atoms with van der Waals surface area (Å²) in [5, 5.41) is 13.7. The Bertz CT molecular complexity index is 1070. The number of rotatable bonds is 6. The number of sulfone groups is 1. The summed E-state index contributed by atoms with van der Waals surface area (Å²) in [5.74, 6) is 0.0838. The maximum absolute atomic E-state index is 12.6. The van der Waals surface area contributed by atoms with Crippen LogP contribution in [0.4, 0.5) is 0 Å². The Morgan fingerprint density at radius 1 is 1.18 bits per heavy atom. The number of likely N-dealkylation sites (tertiary alicyclic amines) is 1. The van der Waals surface area contributed by atoms with Gasteiger partial charge < -0.3 is 14.8 Å². The van der Waals surface area contributed by atoms with Gasteiger partial charge in [-0.25, -0.2) is 8.42 Å². The first-order chi connectivity index (χ1) is 13.4. The lowest BCUT2D eigenvalue weighted by atomic mass is 10.0. The number of nitrogens with zero attached hydrogens (tertiary/aromatic N) is 1. The minimum atomic E-state index is -3.29. The van der Waals surface area contributed by atoms with Crippen LogP contribution in [0.25, 0.3) is 10.9 Å². The fourth-order valence-electron chi connectivity index (χ4n) is 4.19. The van der Waals surface area contributed by atoms with E-state index in [1.807, 2.05) is 24.4 Å². The molecule has 1 fully saturated rings. The van der Waals surface area contributed by atoms with Gasteiger partial charge in [-0.2, -0.15) is 0 Å². The molecule has 1 N–H and O–H groups in total. The normalized spacial score (nSPS) is 22.7. The molecule has 0 amide bonds. The van der Waals surface area contributed by atoms with Gasteiger partial charge in [0.15, 0.2) is 9.84 Å². The number of aryl methyl sites for hydroxylation is 1. The molecule has 0 saturated carbocycles. The van der Waals surface area contributed by atoms with Crippen molar-refractivity contribution in [2.75, 3.05) is 19.3 Å². The zero-order chi connectivity index (χ0) is 19.8. The monoisotopic (exact) mass is 398 g/mol. The minimum absolute atomic E-state index is 0.0838. The molecule has 2 heterocycles. The predicted molar refractivity (Wildman–Crippen MR) is 112 cm³/mol. The number of hydrogen-bond acceptors (Lipinski definition) is 3. The van der Waals surface area contributed by atoms with Crippen LogP contribution in [-0.4, -0.2) is 43.4 Å². The summed E-state index contributed by atoms with van der Waals surface area (Å²) in [6.45, 7) is 0.690. The highest BCUT2D eigenvalue weighted by Gasteiger charge is 2.31. The third kappa shape index (κ3) is 3.85. The van der Waals surface area contributed by atoms with Gasteiger partial charge in [-0.3, -0.25) is 0 Å². The van der Waals surface area contributed by atoms with Gasteiger partial charge in [0, 0.05) is 36.4 Å². The van der Waals surface area contributed by atoms with Gasteiger partial charge in [-0.05, 0) is 41.8 Å². The van der Waals surface area contributed by atoms with E-state index in [1.54, 1.807) is 31.3 Å². The lowest BCUT2D eigenvalue weighted by Crippen LogP contribution is -2.43. The first-order valence-electron chi connectivity index (χ1n) is 9.78.